The number of amides is 1. The molecule has 0 atom stereocenters. The monoisotopic (exact) mass is 493 g/mol. The number of thioether (sulfide) groups is 1. The maximum Gasteiger partial charge on any atom is 0.230 e. The van der Waals surface area contributed by atoms with Crippen molar-refractivity contribution >= 4 is 39.8 Å². The Hall–Kier alpha value is -3.17. The van der Waals surface area contributed by atoms with Gasteiger partial charge in [-0.25, -0.2) is 4.98 Å². The summed E-state index contributed by atoms with van der Waals surface area (Å²) in [4.78, 5) is 19.1. The lowest BCUT2D eigenvalue weighted by atomic mass is 10.0. The molecule has 3 aromatic heterocycles. The lowest BCUT2D eigenvalue weighted by Crippen LogP contribution is -2.24. The fourth-order valence-electron chi connectivity index (χ4n) is 4.02. The van der Waals surface area contributed by atoms with Gasteiger partial charge in [-0.3, -0.25) is 14.3 Å². The number of carbonyl (C=O) groups excluding carboxylic acids is 1. The molecule has 0 radical (unpaired) electrons. The Kier molecular flexibility index (Phi) is 7.04. The molecule has 0 bridgehead atoms. The third kappa shape index (κ3) is 4.71. The maximum atomic E-state index is 12.6. The number of benzene rings is 1. The van der Waals surface area contributed by atoms with Gasteiger partial charge in [-0.1, -0.05) is 35.5 Å². The van der Waals surface area contributed by atoms with Gasteiger partial charge in [0.25, 0.3) is 0 Å². The fraction of sp³-hybridized carbons (Fsp3) is 0.280. The van der Waals surface area contributed by atoms with Gasteiger partial charge in [0.2, 0.25) is 5.91 Å². The molecule has 176 valence electrons. The summed E-state index contributed by atoms with van der Waals surface area (Å²) in [6.07, 6.45) is 3.48. The standard InChI is InChI=1S/C25H27N5O2S2/c1-7-9-29-23(21-8-10-32-18(21)5)27-28-25(29)34-14-20-13-33-24(26-20)30(19(6)31)22-16(3)11-15(2)12-17(22)4/h7-8,10-13H,1,9,14H2,2-6H3. The quantitative estimate of drug-likeness (QED) is 0.209. The third-order valence-electron chi connectivity index (χ3n) is 5.38. The Labute approximate surface area is 207 Å². The highest BCUT2D eigenvalue weighted by molar-refractivity contribution is 7.98. The Morgan fingerprint density at radius 1 is 1.24 bits per heavy atom. The van der Waals surface area contributed by atoms with E-state index >= 15 is 0 Å². The van der Waals surface area contributed by atoms with Crippen LogP contribution in [0.5, 0.6) is 0 Å². The predicted octanol–water partition coefficient (Wildman–Crippen LogP) is 6.39. The maximum absolute atomic E-state index is 12.6. The Morgan fingerprint density at radius 3 is 2.59 bits per heavy atom. The number of anilines is 2. The molecule has 0 aliphatic rings. The van der Waals surface area contributed by atoms with Crippen LogP contribution in [0.1, 0.15) is 35.1 Å². The first kappa shape index (κ1) is 24.0. The molecule has 0 unspecified atom stereocenters. The van der Waals surface area contributed by atoms with Gasteiger partial charge < -0.3 is 4.42 Å². The average molecular weight is 494 g/mol. The first-order valence-corrected chi connectivity index (χ1v) is 12.7. The van der Waals surface area contributed by atoms with Crippen molar-refractivity contribution in [3.05, 3.63) is 70.6 Å². The van der Waals surface area contributed by atoms with Crippen molar-refractivity contribution < 1.29 is 9.21 Å². The first-order chi connectivity index (χ1) is 16.3. The minimum atomic E-state index is -0.0607. The fourth-order valence-corrected chi connectivity index (χ4v) is 5.84. The minimum absolute atomic E-state index is 0.0607. The first-order valence-electron chi connectivity index (χ1n) is 10.8. The zero-order chi connectivity index (χ0) is 24.4. The van der Waals surface area contributed by atoms with Crippen LogP contribution in [0.15, 0.2) is 52.1 Å². The second kappa shape index (κ2) is 9.99. The highest BCUT2D eigenvalue weighted by Gasteiger charge is 2.22. The van der Waals surface area contributed by atoms with Gasteiger partial charge in [0, 0.05) is 24.6 Å². The van der Waals surface area contributed by atoms with Crippen molar-refractivity contribution in [3.63, 3.8) is 0 Å². The zero-order valence-corrected chi connectivity index (χ0v) is 21.6. The van der Waals surface area contributed by atoms with Crippen molar-refractivity contribution in [3.8, 4) is 11.4 Å². The average Bonchev–Trinajstić information content (AvgIpc) is 3.49. The van der Waals surface area contributed by atoms with Crippen molar-refractivity contribution in [2.24, 2.45) is 0 Å². The van der Waals surface area contributed by atoms with E-state index < -0.39 is 0 Å². The summed E-state index contributed by atoms with van der Waals surface area (Å²) in [6.45, 7) is 14.1. The molecule has 1 aromatic carbocycles. The van der Waals surface area contributed by atoms with Crippen LogP contribution in [-0.2, 0) is 17.1 Å². The summed E-state index contributed by atoms with van der Waals surface area (Å²) in [7, 11) is 0. The molecule has 0 spiro atoms. The molecule has 0 N–H and O–H groups in total. The summed E-state index contributed by atoms with van der Waals surface area (Å²) in [6, 6.07) is 6.08. The molecule has 0 saturated heterocycles. The third-order valence-corrected chi connectivity index (χ3v) is 7.26. The Morgan fingerprint density at radius 2 is 1.97 bits per heavy atom. The summed E-state index contributed by atoms with van der Waals surface area (Å²) in [5, 5.41) is 12.2. The smallest absolute Gasteiger partial charge is 0.230 e. The predicted molar refractivity (Wildman–Crippen MR) is 138 cm³/mol. The number of furan rings is 1. The molecule has 9 heteroatoms. The number of thiazole rings is 1. The normalized spacial score (nSPS) is 11.1. The van der Waals surface area contributed by atoms with Crippen molar-refractivity contribution in [1.29, 1.82) is 0 Å². The highest BCUT2D eigenvalue weighted by Crippen LogP contribution is 2.36. The number of rotatable bonds is 8. The van der Waals surface area contributed by atoms with Crippen LogP contribution in [0.2, 0.25) is 0 Å². The summed E-state index contributed by atoms with van der Waals surface area (Å²) in [5.74, 6) is 2.09. The molecule has 7 nitrogen and oxygen atoms in total. The van der Waals surface area contributed by atoms with E-state index in [1.807, 2.05) is 42.9 Å². The second-order valence-electron chi connectivity index (χ2n) is 8.11. The van der Waals surface area contributed by atoms with Gasteiger partial charge in [-0.15, -0.1) is 28.1 Å². The molecule has 34 heavy (non-hydrogen) atoms. The van der Waals surface area contributed by atoms with Crippen LogP contribution in [0, 0.1) is 27.7 Å². The van der Waals surface area contributed by atoms with Crippen LogP contribution in [-0.4, -0.2) is 25.7 Å². The van der Waals surface area contributed by atoms with Gasteiger partial charge >= 0.3 is 0 Å². The summed E-state index contributed by atoms with van der Waals surface area (Å²) >= 11 is 3.02. The number of aromatic nitrogens is 4. The summed E-state index contributed by atoms with van der Waals surface area (Å²) in [5.41, 5.74) is 5.98. The van der Waals surface area contributed by atoms with E-state index in [1.165, 1.54) is 16.9 Å². The molecule has 4 aromatic rings. The SMILES string of the molecule is C=CCn1c(SCc2csc(N(C(C)=O)c3c(C)cc(C)cc3C)n2)nnc1-c1ccoc1C. The molecule has 0 aliphatic carbocycles. The molecule has 4 rings (SSSR count). The van der Waals surface area contributed by atoms with Gasteiger partial charge in [0.15, 0.2) is 16.1 Å². The van der Waals surface area contributed by atoms with Gasteiger partial charge in [0.1, 0.15) is 5.76 Å². The van der Waals surface area contributed by atoms with Crippen molar-refractivity contribution in [2.45, 2.75) is 52.1 Å². The van der Waals surface area contributed by atoms with Gasteiger partial charge in [0.05, 0.1) is 23.2 Å². The molecule has 1 amide bonds. The number of allylic oxidation sites excluding steroid dienone is 1. The Balaban J connectivity index is 1.58. The number of hydrogen-bond acceptors (Lipinski definition) is 7. The van der Waals surface area contributed by atoms with Crippen LogP contribution in [0.4, 0.5) is 10.8 Å². The van der Waals surface area contributed by atoms with Crippen LogP contribution < -0.4 is 4.90 Å². The molecular formula is C25H27N5O2S2. The molecule has 0 saturated carbocycles. The Bertz CT molecular complexity index is 1330. The van der Waals surface area contributed by atoms with Crippen molar-refractivity contribution in [2.75, 3.05) is 4.90 Å². The van der Waals surface area contributed by atoms with Crippen LogP contribution >= 0.6 is 23.1 Å². The van der Waals surface area contributed by atoms with E-state index in [1.54, 1.807) is 29.8 Å². The highest BCUT2D eigenvalue weighted by atomic mass is 32.2. The number of nitrogens with zero attached hydrogens (tertiary/aromatic N) is 5. The van der Waals surface area contributed by atoms with E-state index in [2.05, 4.69) is 35.8 Å². The minimum Gasteiger partial charge on any atom is -0.469 e. The number of aryl methyl sites for hydroxylation is 4. The molecular weight excluding hydrogens is 466 g/mol. The van der Waals surface area contributed by atoms with E-state index in [4.69, 9.17) is 9.40 Å². The lowest BCUT2D eigenvalue weighted by molar-refractivity contribution is -0.115. The zero-order valence-electron chi connectivity index (χ0n) is 20.0. The van der Waals surface area contributed by atoms with Gasteiger partial charge in [-0.2, -0.15) is 0 Å². The second-order valence-corrected chi connectivity index (χ2v) is 9.89. The van der Waals surface area contributed by atoms with E-state index in [0.29, 0.717) is 17.4 Å². The van der Waals surface area contributed by atoms with Crippen LogP contribution in [0.3, 0.4) is 0 Å². The van der Waals surface area contributed by atoms with Gasteiger partial charge in [-0.05, 0) is 44.9 Å². The molecule has 0 aliphatic heterocycles. The topological polar surface area (TPSA) is 77.1 Å². The van der Waals surface area contributed by atoms with Crippen LogP contribution in [0.25, 0.3) is 11.4 Å². The molecule has 3 heterocycles. The lowest BCUT2D eigenvalue weighted by Gasteiger charge is -2.23. The molecule has 0 fully saturated rings. The summed E-state index contributed by atoms with van der Waals surface area (Å²) < 4.78 is 7.46. The largest absolute Gasteiger partial charge is 0.469 e. The van der Waals surface area contributed by atoms with Crippen molar-refractivity contribution in [1.82, 2.24) is 19.7 Å². The number of hydrogen-bond donors (Lipinski definition) is 0. The van der Waals surface area contributed by atoms with E-state index in [0.717, 1.165) is 44.8 Å². The van der Waals surface area contributed by atoms with E-state index in [-0.39, 0.29) is 5.91 Å². The number of carbonyl (C=O) groups is 1. The van der Waals surface area contributed by atoms with E-state index in [9.17, 15) is 4.79 Å².